The maximum Gasteiger partial charge on any atom is 0.272 e. The van der Waals surface area contributed by atoms with Gasteiger partial charge in [-0.1, -0.05) is 0 Å². The summed E-state index contributed by atoms with van der Waals surface area (Å²) in [6.45, 7) is 3.98. The minimum atomic E-state index is -0.0990. The van der Waals surface area contributed by atoms with Crippen LogP contribution in [0.4, 0.5) is 5.69 Å². The third-order valence-corrected chi connectivity index (χ3v) is 1.78. The minimum Gasteiger partial charge on any atom is -0.378 e. The van der Waals surface area contributed by atoms with E-state index in [2.05, 4.69) is 26.2 Å². The molecule has 1 aromatic rings. The predicted molar refractivity (Wildman–Crippen MR) is 53.5 cm³/mol. The van der Waals surface area contributed by atoms with Gasteiger partial charge in [0.1, 0.15) is 5.69 Å². The first-order chi connectivity index (χ1) is 5.59. The van der Waals surface area contributed by atoms with Crippen molar-refractivity contribution in [3.8, 4) is 0 Å². The second-order valence-electron chi connectivity index (χ2n) is 2.85. The fraction of sp³-hybridized carbons (Fsp3) is 0.375. The number of anilines is 1. The number of nitrogens with one attached hydrogen (secondary N) is 2. The van der Waals surface area contributed by atoms with Crippen LogP contribution in [0.5, 0.6) is 0 Å². The molecule has 0 aliphatic rings. The first-order valence-electron chi connectivity index (χ1n) is 3.75. The zero-order valence-corrected chi connectivity index (χ0v) is 8.60. The zero-order valence-electron chi connectivity index (χ0n) is 7.02. The largest absolute Gasteiger partial charge is 0.378 e. The minimum absolute atomic E-state index is 0.0990. The maximum atomic E-state index is 11.2. The summed E-state index contributed by atoms with van der Waals surface area (Å²) in [7, 11) is 0. The highest BCUT2D eigenvalue weighted by Crippen LogP contribution is 2.06. The lowest BCUT2D eigenvalue weighted by Gasteiger charge is -2.07. The molecule has 2 N–H and O–H groups in total. The van der Waals surface area contributed by atoms with E-state index in [-0.39, 0.29) is 11.6 Å². The number of pyridine rings is 1. The van der Waals surface area contributed by atoms with E-state index >= 15 is 0 Å². The molecule has 0 aliphatic carbocycles. The van der Waals surface area contributed by atoms with Crippen LogP contribution < -0.4 is 10.9 Å². The molecule has 0 saturated heterocycles. The van der Waals surface area contributed by atoms with E-state index in [0.717, 1.165) is 0 Å². The van der Waals surface area contributed by atoms with E-state index in [0.29, 0.717) is 10.3 Å². The standard InChI is InChI=1S/C8H11BrN2O/c1-5(2)10-6-3-4-7(9)11-8(6)12/h3-5,10H,1-2H3,(H,11,12). The molecule has 0 spiro atoms. The van der Waals surface area contributed by atoms with E-state index < -0.39 is 0 Å². The summed E-state index contributed by atoms with van der Waals surface area (Å²) in [5.41, 5.74) is 0.506. The monoisotopic (exact) mass is 230 g/mol. The number of halogens is 1. The quantitative estimate of drug-likeness (QED) is 0.764. The summed E-state index contributed by atoms with van der Waals surface area (Å²) >= 11 is 3.18. The highest BCUT2D eigenvalue weighted by molar-refractivity contribution is 9.10. The lowest BCUT2D eigenvalue weighted by atomic mass is 10.3. The predicted octanol–water partition coefficient (Wildman–Crippen LogP) is 1.96. The Morgan fingerprint density at radius 3 is 2.67 bits per heavy atom. The molecular formula is C8H11BrN2O. The van der Waals surface area contributed by atoms with Gasteiger partial charge in [-0.3, -0.25) is 4.79 Å². The molecule has 0 bridgehead atoms. The fourth-order valence-corrected chi connectivity index (χ4v) is 1.19. The molecule has 0 unspecified atom stereocenters. The Bertz CT molecular complexity index is 319. The molecule has 1 aromatic heterocycles. The summed E-state index contributed by atoms with van der Waals surface area (Å²) in [5, 5.41) is 3.04. The number of rotatable bonds is 2. The molecule has 0 aliphatic heterocycles. The van der Waals surface area contributed by atoms with E-state index in [4.69, 9.17) is 0 Å². The van der Waals surface area contributed by atoms with E-state index in [1.807, 2.05) is 13.8 Å². The van der Waals surface area contributed by atoms with Gasteiger partial charge in [-0.25, -0.2) is 0 Å². The molecule has 1 heterocycles. The molecule has 0 atom stereocenters. The second kappa shape index (κ2) is 3.76. The number of aromatic amines is 1. The summed E-state index contributed by atoms with van der Waals surface area (Å²) < 4.78 is 0.696. The van der Waals surface area contributed by atoms with Crippen molar-refractivity contribution < 1.29 is 0 Å². The fourth-order valence-electron chi connectivity index (χ4n) is 0.874. The number of hydrogen-bond donors (Lipinski definition) is 2. The van der Waals surface area contributed by atoms with Gasteiger partial charge in [0.25, 0.3) is 5.56 Å². The van der Waals surface area contributed by atoms with Crippen LogP contribution in [0, 0.1) is 0 Å². The summed E-state index contributed by atoms with van der Waals surface area (Å²) in [5.74, 6) is 0. The lowest BCUT2D eigenvalue weighted by molar-refractivity contribution is 0.893. The van der Waals surface area contributed by atoms with Gasteiger partial charge >= 0.3 is 0 Å². The number of aromatic nitrogens is 1. The van der Waals surface area contributed by atoms with Gasteiger partial charge in [-0.2, -0.15) is 0 Å². The molecule has 0 fully saturated rings. The molecule has 66 valence electrons. The van der Waals surface area contributed by atoms with E-state index in [9.17, 15) is 4.79 Å². The molecule has 0 saturated carbocycles. The third kappa shape index (κ3) is 2.37. The highest BCUT2D eigenvalue weighted by Gasteiger charge is 1.99. The van der Waals surface area contributed by atoms with Crippen LogP contribution in [0.1, 0.15) is 13.8 Å². The Morgan fingerprint density at radius 1 is 1.50 bits per heavy atom. The van der Waals surface area contributed by atoms with Crippen molar-refractivity contribution in [2.45, 2.75) is 19.9 Å². The van der Waals surface area contributed by atoms with Gasteiger partial charge in [0, 0.05) is 6.04 Å². The van der Waals surface area contributed by atoms with Gasteiger partial charge < -0.3 is 10.3 Å². The molecule has 1 rings (SSSR count). The first-order valence-corrected chi connectivity index (χ1v) is 4.54. The normalized spacial score (nSPS) is 10.3. The Labute approximate surface area is 79.3 Å². The van der Waals surface area contributed by atoms with Crippen molar-refractivity contribution in [3.05, 3.63) is 27.1 Å². The number of H-pyrrole nitrogens is 1. The van der Waals surface area contributed by atoms with Crippen molar-refractivity contribution in [3.63, 3.8) is 0 Å². The Kier molecular flexibility index (Phi) is 2.92. The smallest absolute Gasteiger partial charge is 0.272 e. The van der Waals surface area contributed by atoms with Gasteiger partial charge in [0.2, 0.25) is 0 Å². The van der Waals surface area contributed by atoms with Crippen molar-refractivity contribution >= 4 is 21.6 Å². The Hall–Kier alpha value is -0.770. The van der Waals surface area contributed by atoms with Crippen LogP contribution in [0.25, 0.3) is 0 Å². The molecule has 0 amide bonds. The third-order valence-electron chi connectivity index (χ3n) is 1.32. The number of hydrogen-bond acceptors (Lipinski definition) is 2. The Balaban J connectivity index is 2.94. The van der Waals surface area contributed by atoms with Crippen LogP contribution >= 0.6 is 15.9 Å². The average Bonchev–Trinajstić information content (AvgIpc) is 1.94. The molecule has 0 radical (unpaired) electrons. The van der Waals surface area contributed by atoms with Gasteiger partial charge in [0.05, 0.1) is 4.60 Å². The summed E-state index contributed by atoms with van der Waals surface area (Å²) in [6, 6.07) is 3.82. The van der Waals surface area contributed by atoms with Gasteiger partial charge in [0.15, 0.2) is 0 Å². The lowest BCUT2D eigenvalue weighted by Crippen LogP contribution is -2.18. The first kappa shape index (κ1) is 9.32. The molecular weight excluding hydrogens is 220 g/mol. The van der Waals surface area contributed by atoms with Crippen molar-refractivity contribution in [2.75, 3.05) is 5.32 Å². The van der Waals surface area contributed by atoms with Crippen molar-refractivity contribution in [1.82, 2.24) is 4.98 Å². The SMILES string of the molecule is CC(C)Nc1ccc(Br)[nH]c1=O. The van der Waals surface area contributed by atoms with E-state index in [1.54, 1.807) is 12.1 Å². The van der Waals surface area contributed by atoms with Crippen molar-refractivity contribution in [2.24, 2.45) is 0 Å². The average molecular weight is 231 g/mol. The van der Waals surface area contributed by atoms with Crippen LogP contribution in [0.2, 0.25) is 0 Å². The van der Waals surface area contributed by atoms with Crippen LogP contribution in [-0.4, -0.2) is 11.0 Å². The Morgan fingerprint density at radius 2 is 2.17 bits per heavy atom. The topological polar surface area (TPSA) is 44.9 Å². The summed E-state index contributed by atoms with van der Waals surface area (Å²) in [6.07, 6.45) is 0. The molecule has 12 heavy (non-hydrogen) atoms. The van der Waals surface area contributed by atoms with Gasteiger partial charge in [-0.05, 0) is 41.9 Å². The van der Waals surface area contributed by atoms with E-state index in [1.165, 1.54) is 0 Å². The van der Waals surface area contributed by atoms with Crippen LogP contribution in [-0.2, 0) is 0 Å². The zero-order chi connectivity index (χ0) is 9.14. The van der Waals surface area contributed by atoms with Crippen LogP contribution in [0.3, 0.4) is 0 Å². The highest BCUT2D eigenvalue weighted by atomic mass is 79.9. The molecule has 4 heteroatoms. The maximum absolute atomic E-state index is 11.2. The second-order valence-corrected chi connectivity index (χ2v) is 3.70. The van der Waals surface area contributed by atoms with Gasteiger partial charge in [-0.15, -0.1) is 0 Å². The van der Waals surface area contributed by atoms with Crippen molar-refractivity contribution in [1.29, 1.82) is 0 Å². The van der Waals surface area contributed by atoms with Crippen LogP contribution in [0.15, 0.2) is 21.5 Å². The molecule has 3 nitrogen and oxygen atoms in total. The molecule has 0 aromatic carbocycles. The summed E-state index contributed by atoms with van der Waals surface area (Å²) in [4.78, 5) is 13.9.